The summed E-state index contributed by atoms with van der Waals surface area (Å²) in [7, 11) is 0. The normalized spacial score (nSPS) is 12.8. The predicted octanol–water partition coefficient (Wildman–Crippen LogP) is 23.8. The third kappa shape index (κ3) is 9.84. The Labute approximate surface area is 609 Å². The fourth-order valence-corrected chi connectivity index (χ4v) is 17.4. The van der Waals surface area contributed by atoms with Crippen LogP contribution in [0, 0.1) is 17.9 Å². The van der Waals surface area contributed by atoms with Gasteiger partial charge in [0.15, 0.2) is 5.69 Å². The maximum absolute atomic E-state index is 11.5. The molecule has 20 rings (SSSR count). The lowest BCUT2D eigenvalue weighted by atomic mass is 9.31. The average molecular weight is 1330 g/mol. The van der Waals surface area contributed by atoms with Crippen molar-refractivity contribution in [3.63, 3.8) is 0 Å². The van der Waals surface area contributed by atoms with Crippen molar-refractivity contribution in [3.05, 3.63) is 404 Å². The molecular weight excluding hydrogens is 1270 g/mol. The van der Waals surface area contributed by atoms with E-state index in [1.165, 1.54) is 32.5 Å². The molecule has 0 radical (unpaired) electrons. The molecule has 0 fully saturated rings. The highest BCUT2D eigenvalue weighted by Gasteiger charge is 2.47. The van der Waals surface area contributed by atoms with Crippen molar-refractivity contribution < 1.29 is 0 Å². The monoisotopic (exact) mass is 1330 g/mol. The number of fused-ring (bicyclic) bond motifs is 10. The Kier molecular flexibility index (Phi) is 14.5. The largest absolute Gasteiger partial charge is 0.310 e. The standard InChI is InChI=1S/C99H62BN5/c1-102-89-46-24-19-41-76(89)84-58-71(65-31-9-3-10-32-65)56-82(68-37-15-6-16-38-68)99(84)105-94-62-74(104-92-49-27-22-44-79(92)80-45-23-28-50-93(80)104)52-54-88(94)100-87-53-51-73(103-90-47-25-20-42-77(90)78-43-21-26-48-91(78)103)61-85(87)97(86-59-72(60-95(105)98(86)100)66-33-11-4-12-34-66)96-81(67-35-13-5-14-36-67)55-70(64-29-7-2-8-30-64)57-83(96)75-40-18-17-39-69(75)63-101/h2-62,97H. The Morgan fingerprint density at radius 2 is 0.733 bits per heavy atom. The first-order valence-electron chi connectivity index (χ1n) is 35.9. The first-order chi connectivity index (χ1) is 52.0. The van der Waals surface area contributed by atoms with Crippen LogP contribution in [0.1, 0.15) is 28.2 Å². The van der Waals surface area contributed by atoms with Gasteiger partial charge in [0.1, 0.15) is 0 Å². The van der Waals surface area contributed by atoms with Crippen LogP contribution >= 0.6 is 0 Å². The van der Waals surface area contributed by atoms with E-state index in [2.05, 4.69) is 371 Å². The van der Waals surface area contributed by atoms with Crippen LogP contribution in [0.2, 0.25) is 0 Å². The smallest absolute Gasteiger partial charge is 0.247 e. The van der Waals surface area contributed by atoms with Gasteiger partial charge in [0, 0.05) is 55.8 Å². The summed E-state index contributed by atoms with van der Waals surface area (Å²) in [6, 6.07) is 137. The van der Waals surface area contributed by atoms with Crippen LogP contribution in [-0.4, -0.2) is 15.8 Å². The highest BCUT2D eigenvalue weighted by Crippen LogP contribution is 2.55. The summed E-state index contributed by atoms with van der Waals surface area (Å²) >= 11 is 0. The van der Waals surface area contributed by atoms with Crippen LogP contribution < -0.4 is 21.3 Å². The minimum Gasteiger partial charge on any atom is -0.310 e. The first-order valence-corrected chi connectivity index (χ1v) is 35.9. The number of hydrogen-bond donors (Lipinski definition) is 0. The van der Waals surface area contributed by atoms with E-state index < -0.39 is 5.92 Å². The Hall–Kier alpha value is -14.0. The molecule has 105 heavy (non-hydrogen) atoms. The predicted molar refractivity (Wildman–Crippen MR) is 437 cm³/mol. The minimum absolute atomic E-state index is 0.335. The van der Waals surface area contributed by atoms with E-state index in [0.29, 0.717) is 11.3 Å². The van der Waals surface area contributed by atoms with Crippen molar-refractivity contribution in [3.8, 4) is 95.3 Å². The van der Waals surface area contributed by atoms with Crippen molar-refractivity contribution in [1.29, 1.82) is 5.26 Å². The summed E-state index contributed by atoms with van der Waals surface area (Å²) in [4.78, 5) is 6.98. The van der Waals surface area contributed by atoms with E-state index in [-0.39, 0.29) is 6.71 Å². The molecule has 486 valence electrons. The number of nitriles is 1. The lowest BCUT2D eigenvalue weighted by Crippen LogP contribution is -2.62. The molecule has 0 saturated heterocycles. The number of para-hydroxylation sites is 5. The number of benzene rings is 16. The van der Waals surface area contributed by atoms with E-state index in [1.54, 1.807) is 0 Å². The summed E-state index contributed by atoms with van der Waals surface area (Å²) in [5, 5.41) is 16.3. The third-order valence-electron chi connectivity index (χ3n) is 21.9. The molecule has 1 unspecified atom stereocenters. The van der Waals surface area contributed by atoms with E-state index in [9.17, 15) is 5.26 Å². The number of anilines is 3. The molecule has 2 aromatic heterocycles. The second-order valence-corrected chi connectivity index (χ2v) is 27.5. The zero-order valence-corrected chi connectivity index (χ0v) is 57.1. The Balaban J connectivity index is 0.993. The van der Waals surface area contributed by atoms with Gasteiger partial charge in [-0.3, -0.25) is 0 Å². The molecule has 2 aliphatic rings. The summed E-state index contributed by atoms with van der Waals surface area (Å²) < 4.78 is 4.91. The molecule has 18 aromatic rings. The molecule has 0 aliphatic carbocycles. The van der Waals surface area contributed by atoms with Crippen molar-refractivity contribution >= 4 is 89.5 Å². The maximum atomic E-state index is 11.5. The van der Waals surface area contributed by atoms with Gasteiger partial charge < -0.3 is 14.0 Å². The number of aromatic nitrogens is 2. The summed E-state index contributed by atoms with van der Waals surface area (Å²) in [5.41, 5.74) is 31.7. The highest BCUT2D eigenvalue weighted by atomic mass is 15.2. The Bertz CT molecular complexity index is 6140. The Morgan fingerprint density at radius 1 is 0.314 bits per heavy atom. The quantitative estimate of drug-likeness (QED) is 0.0957. The summed E-state index contributed by atoms with van der Waals surface area (Å²) in [6.45, 7) is 8.68. The van der Waals surface area contributed by atoms with Gasteiger partial charge >= 0.3 is 0 Å². The minimum atomic E-state index is -0.486. The number of nitrogens with zero attached hydrogens (tertiary/aromatic N) is 5. The maximum Gasteiger partial charge on any atom is 0.247 e. The molecule has 2 aliphatic heterocycles. The summed E-state index contributed by atoms with van der Waals surface area (Å²) in [6.07, 6.45) is 0. The molecule has 6 heteroatoms. The van der Waals surface area contributed by atoms with E-state index in [0.717, 1.165) is 151 Å². The molecule has 5 nitrogen and oxygen atoms in total. The number of rotatable bonds is 11. The van der Waals surface area contributed by atoms with Crippen molar-refractivity contribution in [2.75, 3.05) is 4.90 Å². The first kappa shape index (κ1) is 60.9. The van der Waals surface area contributed by atoms with Crippen LogP contribution in [0.5, 0.6) is 0 Å². The molecule has 0 amide bonds. The second-order valence-electron chi connectivity index (χ2n) is 27.5. The zero-order chi connectivity index (χ0) is 69.6. The zero-order valence-electron chi connectivity index (χ0n) is 57.1. The average Bonchev–Trinajstić information content (AvgIpc) is 1.09. The molecule has 1 atom stereocenters. The van der Waals surface area contributed by atoms with Gasteiger partial charge in [0.2, 0.25) is 6.71 Å². The van der Waals surface area contributed by atoms with Crippen molar-refractivity contribution in [1.82, 2.24) is 9.13 Å². The lowest BCUT2D eigenvalue weighted by molar-refractivity contribution is 0.983. The SMILES string of the molecule is [C-]#[N+]c1ccccc1-c1cc(-c2ccccc2)cc(-c2ccccc2)c1N1c2cc(-n3c4ccccc4c4ccccc43)ccc2B2c3ccc(-n4c5ccccc5c5ccccc54)cc3C(c3c(-c4ccccc4)cc(-c4ccccc4)cc3-c3ccccc3C#N)c3cc(-c4ccccc4)cc1c32. The lowest BCUT2D eigenvalue weighted by Gasteiger charge is -2.45. The topological polar surface area (TPSA) is 41.2 Å². The third-order valence-corrected chi connectivity index (χ3v) is 21.9. The molecule has 4 heterocycles. The van der Waals surface area contributed by atoms with E-state index >= 15 is 0 Å². The van der Waals surface area contributed by atoms with Gasteiger partial charge in [-0.05, 0) is 185 Å². The molecule has 0 saturated carbocycles. The number of hydrogen-bond acceptors (Lipinski definition) is 2. The fraction of sp³-hybridized carbons (Fsp3) is 0.0101. The van der Waals surface area contributed by atoms with Gasteiger partial charge in [-0.15, -0.1) is 0 Å². The molecule has 0 spiro atoms. The van der Waals surface area contributed by atoms with Gasteiger partial charge in [0.05, 0.1) is 46.0 Å². The second kappa shape index (κ2) is 24.9. The van der Waals surface area contributed by atoms with Crippen LogP contribution in [-0.2, 0) is 0 Å². The van der Waals surface area contributed by atoms with Crippen molar-refractivity contribution in [2.45, 2.75) is 5.92 Å². The highest BCUT2D eigenvalue weighted by molar-refractivity contribution is 6.99. The van der Waals surface area contributed by atoms with Crippen LogP contribution in [0.4, 0.5) is 22.7 Å². The van der Waals surface area contributed by atoms with Crippen LogP contribution in [0.15, 0.2) is 370 Å². The van der Waals surface area contributed by atoms with E-state index in [4.69, 9.17) is 6.57 Å². The molecule has 0 bridgehead atoms. The van der Waals surface area contributed by atoms with Gasteiger partial charge in [-0.1, -0.05) is 291 Å². The van der Waals surface area contributed by atoms with Crippen LogP contribution in [0.3, 0.4) is 0 Å². The Morgan fingerprint density at radius 3 is 1.27 bits per heavy atom. The van der Waals surface area contributed by atoms with Crippen molar-refractivity contribution in [2.24, 2.45) is 0 Å². The van der Waals surface area contributed by atoms with Gasteiger partial charge in [-0.25, -0.2) is 4.85 Å². The van der Waals surface area contributed by atoms with Crippen LogP contribution in [0.25, 0.3) is 138 Å². The molecule has 16 aromatic carbocycles. The van der Waals surface area contributed by atoms with Gasteiger partial charge in [0.25, 0.3) is 0 Å². The van der Waals surface area contributed by atoms with E-state index in [1.807, 2.05) is 24.3 Å². The summed E-state index contributed by atoms with van der Waals surface area (Å²) in [5.74, 6) is -0.486. The molecule has 0 N–H and O–H groups in total. The fourth-order valence-electron chi connectivity index (χ4n) is 17.4. The molecular formula is C99H62BN5. The van der Waals surface area contributed by atoms with Gasteiger partial charge in [-0.2, -0.15) is 5.26 Å².